The fourth-order valence-corrected chi connectivity index (χ4v) is 2.23. The van der Waals surface area contributed by atoms with Crippen LogP contribution in [-0.4, -0.2) is 16.8 Å². The predicted octanol–water partition coefficient (Wildman–Crippen LogP) is 2.57. The van der Waals surface area contributed by atoms with Crippen LogP contribution >= 0.6 is 0 Å². The number of nitrogens with one attached hydrogen (secondary N) is 1. The number of Topliss-reactive ketones (excluding diaryl/α,β-unsaturated/α-hetero) is 1. The van der Waals surface area contributed by atoms with E-state index in [1.807, 2.05) is 20.0 Å². The molecular weight excluding hydrogens is 224 g/mol. The number of hydrogen-bond donors (Lipinski definition) is 2. The van der Waals surface area contributed by atoms with Gasteiger partial charge in [-0.3, -0.25) is 4.79 Å². The molecule has 0 aliphatic rings. The van der Waals surface area contributed by atoms with Crippen LogP contribution in [0.3, 0.4) is 0 Å². The Balaban J connectivity index is 2.27. The Bertz CT molecular complexity index is 569. The lowest BCUT2D eigenvalue weighted by molar-refractivity contribution is -0.123. The molecule has 3 heteroatoms. The maximum Gasteiger partial charge on any atom is 0.152 e. The third-order valence-electron chi connectivity index (χ3n) is 3.30. The summed E-state index contributed by atoms with van der Waals surface area (Å²) in [5, 5.41) is 1.17. The van der Waals surface area contributed by atoms with Crippen molar-refractivity contribution in [2.24, 2.45) is 11.7 Å². The average Bonchev–Trinajstić information content (AvgIpc) is 2.70. The minimum absolute atomic E-state index is 0.00746. The molecule has 0 aliphatic heterocycles. The van der Waals surface area contributed by atoms with Crippen molar-refractivity contribution >= 4 is 16.7 Å². The highest BCUT2D eigenvalue weighted by Gasteiger charge is 2.18. The summed E-state index contributed by atoms with van der Waals surface area (Å²) >= 11 is 0. The molecule has 0 aliphatic carbocycles. The zero-order valence-electron chi connectivity index (χ0n) is 11.2. The summed E-state index contributed by atoms with van der Waals surface area (Å²) in [6.45, 7) is 5.85. The Kier molecular flexibility index (Phi) is 3.53. The zero-order valence-corrected chi connectivity index (χ0v) is 11.2. The molecule has 18 heavy (non-hydrogen) atoms. The van der Waals surface area contributed by atoms with Crippen LogP contribution in [0.4, 0.5) is 0 Å². The lowest BCUT2D eigenvalue weighted by Crippen LogP contribution is -2.35. The number of ketones is 1. The van der Waals surface area contributed by atoms with Gasteiger partial charge in [-0.05, 0) is 31.0 Å². The molecular formula is C15H20N2O. The maximum absolute atomic E-state index is 11.8. The zero-order chi connectivity index (χ0) is 13.3. The van der Waals surface area contributed by atoms with Crippen molar-refractivity contribution in [1.29, 1.82) is 0 Å². The van der Waals surface area contributed by atoms with E-state index in [1.165, 1.54) is 10.9 Å². The molecule has 1 atom stereocenters. The number of nitrogens with two attached hydrogens (primary N) is 1. The molecule has 1 aromatic carbocycles. The number of H-pyrrole nitrogens is 1. The van der Waals surface area contributed by atoms with Gasteiger partial charge in [0.1, 0.15) is 0 Å². The van der Waals surface area contributed by atoms with Crippen LogP contribution in [0.1, 0.15) is 25.0 Å². The smallest absolute Gasteiger partial charge is 0.152 e. The van der Waals surface area contributed by atoms with Gasteiger partial charge in [0, 0.05) is 23.0 Å². The Hall–Kier alpha value is -1.61. The van der Waals surface area contributed by atoms with E-state index < -0.39 is 6.04 Å². The second kappa shape index (κ2) is 4.94. The van der Waals surface area contributed by atoms with Crippen molar-refractivity contribution in [2.75, 3.05) is 0 Å². The third-order valence-corrected chi connectivity index (χ3v) is 3.30. The highest BCUT2D eigenvalue weighted by molar-refractivity contribution is 5.88. The molecule has 0 saturated heterocycles. The van der Waals surface area contributed by atoms with E-state index in [0.29, 0.717) is 6.42 Å². The van der Waals surface area contributed by atoms with E-state index in [4.69, 9.17) is 5.73 Å². The van der Waals surface area contributed by atoms with E-state index in [2.05, 4.69) is 30.1 Å². The second-order valence-corrected chi connectivity index (χ2v) is 5.23. The summed E-state index contributed by atoms with van der Waals surface area (Å²) in [4.78, 5) is 15.1. The quantitative estimate of drug-likeness (QED) is 0.868. The highest BCUT2D eigenvalue weighted by atomic mass is 16.1. The third kappa shape index (κ3) is 2.46. The minimum atomic E-state index is -0.412. The van der Waals surface area contributed by atoms with Crippen molar-refractivity contribution in [3.8, 4) is 0 Å². The molecule has 1 unspecified atom stereocenters. The van der Waals surface area contributed by atoms with Crippen LogP contribution in [-0.2, 0) is 11.2 Å². The molecule has 0 saturated carbocycles. The monoisotopic (exact) mass is 244 g/mol. The molecule has 2 rings (SSSR count). The van der Waals surface area contributed by atoms with E-state index in [-0.39, 0.29) is 11.7 Å². The largest absolute Gasteiger partial charge is 0.361 e. The first-order chi connectivity index (χ1) is 8.49. The molecule has 1 heterocycles. The molecule has 0 radical (unpaired) electrons. The van der Waals surface area contributed by atoms with Gasteiger partial charge in [-0.1, -0.05) is 25.5 Å². The molecule has 96 valence electrons. The summed E-state index contributed by atoms with van der Waals surface area (Å²) in [6.07, 6.45) is 2.55. The maximum atomic E-state index is 11.8. The van der Waals surface area contributed by atoms with Crippen LogP contribution in [0.15, 0.2) is 24.4 Å². The molecule has 0 amide bonds. The van der Waals surface area contributed by atoms with Crippen molar-refractivity contribution in [2.45, 2.75) is 33.2 Å². The van der Waals surface area contributed by atoms with Gasteiger partial charge in [-0.15, -0.1) is 0 Å². The van der Waals surface area contributed by atoms with Crippen LogP contribution in [0.2, 0.25) is 0 Å². The van der Waals surface area contributed by atoms with Crippen molar-refractivity contribution < 1.29 is 4.79 Å². The fraction of sp³-hybridized carbons (Fsp3) is 0.400. The number of hydrogen-bond acceptors (Lipinski definition) is 2. The standard InChI is InChI=1S/C15H20N2O/c1-9(2)15(18)13(16)7-11-8-17-14-5-4-10(3)6-12(11)14/h4-6,8-9,13,17H,7,16H2,1-3H3. The van der Waals surface area contributed by atoms with Crippen LogP contribution in [0.25, 0.3) is 10.9 Å². The number of aryl methyl sites for hydroxylation is 1. The Morgan fingerprint density at radius 3 is 2.78 bits per heavy atom. The lowest BCUT2D eigenvalue weighted by Gasteiger charge is -2.12. The Morgan fingerprint density at radius 2 is 2.11 bits per heavy atom. The number of fused-ring (bicyclic) bond motifs is 1. The van der Waals surface area contributed by atoms with Gasteiger partial charge in [-0.25, -0.2) is 0 Å². The summed E-state index contributed by atoms with van der Waals surface area (Å²) in [7, 11) is 0. The fourth-order valence-electron chi connectivity index (χ4n) is 2.23. The van der Waals surface area contributed by atoms with Gasteiger partial charge in [0.05, 0.1) is 6.04 Å². The van der Waals surface area contributed by atoms with E-state index >= 15 is 0 Å². The van der Waals surface area contributed by atoms with Crippen molar-refractivity contribution in [1.82, 2.24) is 4.98 Å². The summed E-state index contributed by atoms with van der Waals surface area (Å²) < 4.78 is 0. The van der Waals surface area contributed by atoms with E-state index in [1.54, 1.807) is 0 Å². The number of aromatic nitrogens is 1. The number of rotatable bonds is 4. The molecule has 2 aromatic rings. The normalized spacial score (nSPS) is 13.2. The second-order valence-electron chi connectivity index (χ2n) is 5.23. The van der Waals surface area contributed by atoms with Crippen molar-refractivity contribution in [3.63, 3.8) is 0 Å². The predicted molar refractivity (Wildman–Crippen MR) is 74.6 cm³/mol. The molecule has 3 nitrogen and oxygen atoms in total. The molecule has 3 N–H and O–H groups in total. The first kappa shape index (κ1) is 12.8. The van der Waals surface area contributed by atoms with E-state index in [0.717, 1.165) is 11.1 Å². The number of aromatic amines is 1. The molecule has 1 aromatic heterocycles. The first-order valence-electron chi connectivity index (χ1n) is 6.35. The van der Waals surface area contributed by atoms with Gasteiger partial charge in [0.15, 0.2) is 5.78 Å². The van der Waals surface area contributed by atoms with Crippen LogP contribution in [0.5, 0.6) is 0 Å². The van der Waals surface area contributed by atoms with Gasteiger partial charge >= 0.3 is 0 Å². The minimum Gasteiger partial charge on any atom is -0.361 e. The summed E-state index contributed by atoms with van der Waals surface area (Å²) in [5.41, 5.74) is 9.41. The Morgan fingerprint density at radius 1 is 1.39 bits per heavy atom. The SMILES string of the molecule is Cc1ccc2[nH]cc(CC(N)C(=O)C(C)C)c2c1. The molecule has 0 spiro atoms. The summed E-state index contributed by atoms with van der Waals surface area (Å²) in [6, 6.07) is 5.85. The Labute approximate surface area is 107 Å². The number of carbonyl (C=O) groups is 1. The summed E-state index contributed by atoms with van der Waals surface area (Å²) in [5.74, 6) is 0.115. The van der Waals surface area contributed by atoms with E-state index in [9.17, 15) is 4.79 Å². The molecule has 0 fully saturated rings. The van der Waals surface area contributed by atoms with Crippen molar-refractivity contribution in [3.05, 3.63) is 35.5 Å². The first-order valence-corrected chi connectivity index (χ1v) is 6.35. The molecule has 0 bridgehead atoms. The van der Waals surface area contributed by atoms with Gasteiger partial charge in [-0.2, -0.15) is 0 Å². The number of benzene rings is 1. The topological polar surface area (TPSA) is 58.9 Å². The van der Waals surface area contributed by atoms with Gasteiger partial charge in [0.25, 0.3) is 0 Å². The van der Waals surface area contributed by atoms with Gasteiger partial charge < -0.3 is 10.7 Å². The van der Waals surface area contributed by atoms with Gasteiger partial charge in [0.2, 0.25) is 0 Å². The average molecular weight is 244 g/mol. The number of carbonyl (C=O) groups excluding carboxylic acids is 1. The highest BCUT2D eigenvalue weighted by Crippen LogP contribution is 2.21. The van der Waals surface area contributed by atoms with Crippen LogP contribution < -0.4 is 5.73 Å². The lowest BCUT2D eigenvalue weighted by atomic mass is 9.96. The van der Waals surface area contributed by atoms with Crippen LogP contribution in [0, 0.1) is 12.8 Å².